The van der Waals surface area contributed by atoms with E-state index in [1.54, 1.807) is 14.2 Å². The van der Waals surface area contributed by atoms with Crippen LogP contribution in [0.25, 0.3) is 0 Å². The monoisotopic (exact) mass is 544 g/mol. The van der Waals surface area contributed by atoms with Crippen LogP contribution in [0.4, 0.5) is 0 Å². The number of halogens is 2. The van der Waals surface area contributed by atoms with E-state index < -0.39 is 0 Å². The van der Waals surface area contributed by atoms with E-state index in [9.17, 15) is 0 Å². The second kappa shape index (κ2) is 13.0. The summed E-state index contributed by atoms with van der Waals surface area (Å²) in [6.45, 7) is 5.82. The van der Waals surface area contributed by atoms with Gasteiger partial charge in [0.1, 0.15) is 5.75 Å². The van der Waals surface area contributed by atoms with Gasteiger partial charge in [-0.25, -0.2) is 0 Å². The van der Waals surface area contributed by atoms with Gasteiger partial charge in [0.05, 0.1) is 20.3 Å². The van der Waals surface area contributed by atoms with Gasteiger partial charge in [0.2, 0.25) is 0 Å². The Morgan fingerprint density at radius 1 is 1.07 bits per heavy atom. The van der Waals surface area contributed by atoms with Crippen LogP contribution in [0.1, 0.15) is 16.7 Å². The van der Waals surface area contributed by atoms with Crippen molar-refractivity contribution in [1.82, 2.24) is 15.5 Å². The molecule has 0 saturated carbocycles. The molecule has 1 saturated heterocycles. The van der Waals surface area contributed by atoms with Crippen LogP contribution in [0.15, 0.2) is 47.5 Å². The van der Waals surface area contributed by atoms with Gasteiger partial charge in [-0.1, -0.05) is 41.9 Å². The Kier molecular flexibility index (Phi) is 10.7. The topological polar surface area (TPSA) is 58.1 Å². The van der Waals surface area contributed by atoms with E-state index in [0.29, 0.717) is 18.1 Å². The van der Waals surface area contributed by atoms with Crippen LogP contribution < -0.4 is 15.4 Å². The Morgan fingerprint density at radius 2 is 1.73 bits per heavy atom. The highest BCUT2D eigenvalue weighted by atomic mass is 127. The van der Waals surface area contributed by atoms with E-state index in [1.165, 1.54) is 11.1 Å². The number of morpholine rings is 1. The van der Waals surface area contributed by atoms with Gasteiger partial charge in [0, 0.05) is 50.4 Å². The molecule has 0 spiro atoms. The quantitative estimate of drug-likeness (QED) is 0.317. The fourth-order valence-corrected chi connectivity index (χ4v) is 3.49. The number of aliphatic imine (C=N–C) groups is 1. The van der Waals surface area contributed by atoms with E-state index in [4.69, 9.17) is 21.1 Å². The summed E-state index contributed by atoms with van der Waals surface area (Å²) in [5.74, 6) is 1.50. The third-order valence-corrected chi connectivity index (χ3v) is 5.22. The van der Waals surface area contributed by atoms with Crippen molar-refractivity contribution in [1.29, 1.82) is 0 Å². The molecule has 30 heavy (non-hydrogen) atoms. The summed E-state index contributed by atoms with van der Waals surface area (Å²) in [7, 11) is 3.42. The molecule has 0 atom stereocenters. The van der Waals surface area contributed by atoms with Gasteiger partial charge in [-0.15, -0.1) is 24.0 Å². The first-order valence-electron chi connectivity index (χ1n) is 9.83. The summed E-state index contributed by atoms with van der Waals surface area (Å²) < 4.78 is 10.9. The minimum Gasteiger partial charge on any atom is -0.496 e. The number of nitrogens with one attached hydrogen (secondary N) is 2. The lowest BCUT2D eigenvalue weighted by atomic mass is 10.1. The molecule has 1 fully saturated rings. The molecular formula is C22H30ClIN4O2. The molecule has 0 radical (unpaired) electrons. The van der Waals surface area contributed by atoms with Crippen LogP contribution in [0, 0.1) is 0 Å². The van der Waals surface area contributed by atoms with Crippen molar-refractivity contribution in [2.45, 2.75) is 19.6 Å². The molecule has 164 valence electrons. The highest BCUT2D eigenvalue weighted by molar-refractivity contribution is 14.0. The molecule has 6 nitrogen and oxygen atoms in total. The molecule has 3 rings (SSSR count). The van der Waals surface area contributed by atoms with Gasteiger partial charge in [-0.2, -0.15) is 0 Å². The SMILES string of the molecule is CN=C(NCc1ccccc1CN1CCOCC1)NCc1ccc(Cl)cc1OC.I. The molecular weight excluding hydrogens is 515 g/mol. The largest absolute Gasteiger partial charge is 0.496 e. The maximum atomic E-state index is 6.04. The number of rotatable bonds is 7. The van der Waals surface area contributed by atoms with E-state index in [1.807, 2.05) is 18.2 Å². The zero-order chi connectivity index (χ0) is 20.5. The van der Waals surface area contributed by atoms with Crippen molar-refractivity contribution in [2.75, 3.05) is 40.5 Å². The number of hydrogen-bond acceptors (Lipinski definition) is 4. The zero-order valence-electron chi connectivity index (χ0n) is 17.5. The van der Waals surface area contributed by atoms with E-state index in [0.717, 1.165) is 50.1 Å². The summed E-state index contributed by atoms with van der Waals surface area (Å²) in [5, 5.41) is 7.41. The smallest absolute Gasteiger partial charge is 0.191 e. The van der Waals surface area contributed by atoms with Gasteiger partial charge in [-0.3, -0.25) is 9.89 Å². The number of nitrogens with zero attached hydrogens (tertiary/aromatic N) is 2. The van der Waals surface area contributed by atoms with Crippen LogP contribution in [0.3, 0.4) is 0 Å². The van der Waals surface area contributed by atoms with Gasteiger partial charge in [0.15, 0.2) is 5.96 Å². The normalized spacial score (nSPS) is 14.7. The average Bonchev–Trinajstić information content (AvgIpc) is 2.76. The Hall–Kier alpha value is -1.55. The van der Waals surface area contributed by atoms with E-state index in [-0.39, 0.29) is 24.0 Å². The zero-order valence-corrected chi connectivity index (χ0v) is 20.6. The summed E-state index contributed by atoms with van der Waals surface area (Å²) in [6.07, 6.45) is 0. The van der Waals surface area contributed by atoms with Gasteiger partial charge in [-0.05, 0) is 23.3 Å². The van der Waals surface area contributed by atoms with Gasteiger partial charge < -0.3 is 20.1 Å². The highest BCUT2D eigenvalue weighted by Crippen LogP contribution is 2.22. The lowest BCUT2D eigenvalue weighted by Crippen LogP contribution is -2.37. The molecule has 2 aromatic carbocycles. The van der Waals surface area contributed by atoms with Crippen LogP contribution in [0.2, 0.25) is 5.02 Å². The van der Waals surface area contributed by atoms with Crippen molar-refractivity contribution in [3.63, 3.8) is 0 Å². The fourth-order valence-electron chi connectivity index (χ4n) is 3.33. The van der Waals surface area contributed by atoms with Gasteiger partial charge >= 0.3 is 0 Å². The summed E-state index contributed by atoms with van der Waals surface area (Å²) in [6, 6.07) is 14.2. The molecule has 2 aromatic rings. The second-order valence-corrected chi connectivity index (χ2v) is 7.33. The number of guanidine groups is 1. The molecule has 0 aromatic heterocycles. The molecule has 0 bridgehead atoms. The van der Waals surface area contributed by atoms with Crippen molar-refractivity contribution in [3.8, 4) is 5.75 Å². The molecule has 1 aliphatic heterocycles. The predicted molar refractivity (Wildman–Crippen MR) is 133 cm³/mol. The van der Waals surface area contributed by atoms with Gasteiger partial charge in [0.25, 0.3) is 0 Å². The highest BCUT2D eigenvalue weighted by Gasteiger charge is 2.13. The Balaban J connectivity index is 0.00000320. The average molecular weight is 545 g/mol. The summed E-state index contributed by atoms with van der Waals surface area (Å²) in [4.78, 5) is 6.77. The molecule has 1 heterocycles. The van der Waals surface area contributed by atoms with Crippen LogP contribution in [-0.2, 0) is 24.4 Å². The maximum Gasteiger partial charge on any atom is 0.191 e. The molecule has 8 heteroatoms. The number of methoxy groups -OCH3 is 1. The third kappa shape index (κ3) is 7.30. The Morgan fingerprint density at radius 3 is 2.40 bits per heavy atom. The second-order valence-electron chi connectivity index (χ2n) is 6.89. The fraction of sp³-hybridized carbons (Fsp3) is 0.409. The minimum atomic E-state index is 0. The lowest BCUT2D eigenvalue weighted by Gasteiger charge is -2.27. The lowest BCUT2D eigenvalue weighted by molar-refractivity contribution is 0.0341. The first kappa shape index (κ1) is 24.7. The standard InChI is InChI=1S/C22H29ClN4O2.HI/c1-24-22(26-15-18-7-8-20(23)13-21(18)28-2)25-14-17-5-3-4-6-19(17)16-27-9-11-29-12-10-27;/h3-8,13H,9-12,14-16H2,1-2H3,(H2,24,25,26);1H. The van der Waals surface area contributed by atoms with Crippen LogP contribution >= 0.6 is 35.6 Å². The van der Waals surface area contributed by atoms with Crippen LogP contribution in [0.5, 0.6) is 5.75 Å². The molecule has 0 amide bonds. The van der Waals surface area contributed by atoms with Crippen molar-refractivity contribution >= 4 is 41.5 Å². The number of ether oxygens (including phenoxy) is 2. The molecule has 2 N–H and O–H groups in total. The van der Waals surface area contributed by atoms with Crippen molar-refractivity contribution in [2.24, 2.45) is 4.99 Å². The van der Waals surface area contributed by atoms with Crippen molar-refractivity contribution < 1.29 is 9.47 Å². The third-order valence-electron chi connectivity index (χ3n) is 4.98. The predicted octanol–water partition coefficient (Wildman–Crippen LogP) is 3.66. The minimum absolute atomic E-state index is 0. The molecule has 0 aliphatic carbocycles. The Bertz CT molecular complexity index is 829. The first-order valence-corrected chi connectivity index (χ1v) is 10.2. The summed E-state index contributed by atoms with van der Waals surface area (Å²) in [5.41, 5.74) is 3.62. The first-order chi connectivity index (χ1) is 14.2. The van der Waals surface area contributed by atoms with E-state index >= 15 is 0 Å². The van der Waals surface area contributed by atoms with Crippen LogP contribution in [-0.4, -0.2) is 51.3 Å². The Labute approximate surface area is 201 Å². The van der Waals surface area contributed by atoms with Crippen molar-refractivity contribution in [3.05, 3.63) is 64.2 Å². The number of benzene rings is 2. The van der Waals surface area contributed by atoms with E-state index in [2.05, 4.69) is 44.8 Å². The molecule has 0 unspecified atom stereocenters. The maximum absolute atomic E-state index is 6.04. The number of hydrogen-bond donors (Lipinski definition) is 2. The molecule has 1 aliphatic rings. The summed E-state index contributed by atoms with van der Waals surface area (Å²) >= 11 is 6.04.